The Kier molecular flexibility index (Phi) is 5.32. The molecule has 2 aromatic carbocycles. The van der Waals surface area contributed by atoms with Gasteiger partial charge in [-0.25, -0.2) is 8.78 Å². The number of benzene rings is 2. The van der Waals surface area contributed by atoms with Gasteiger partial charge in [0.25, 0.3) is 0 Å². The van der Waals surface area contributed by atoms with Gasteiger partial charge in [-0.05, 0) is 54.8 Å². The summed E-state index contributed by atoms with van der Waals surface area (Å²) in [6, 6.07) is 9.85. The van der Waals surface area contributed by atoms with E-state index in [9.17, 15) is 8.78 Å². The van der Waals surface area contributed by atoms with E-state index in [2.05, 4.69) is 5.32 Å². The minimum atomic E-state index is -0.827. The highest BCUT2D eigenvalue weighted by atomic mass is 35.5. The lowest BCUT2D eigenvalue weighted by molar-refractivity contribution is 0.502. The molecule has 0 radical (unpaired) electrons. The quantitative estimate of drug-likeness (QED) is 0.835. The second kappa shape index (κ2) is 7.01. The highest BCUT2D eigenvalue weighted by Gasteiger charge is 2.15. The van der Waals surface area contributed by atoms with Crippen LogP contribution in [0.15, 0.2) is 36.4 Å². The first kappa shape index (κ1) is 15.9. The predicted molar refractivity (Wildman–Crippen MR) is 82.7 cm³/mol. The van der Waals surface area contributed by atoms with Crippen molar-refractivity contribution in [1.29, 1.82) is 0 Å². The molecule has 1 unspecified atom stereocenters. The lowest BCUT2D eigenvalue weighted by Gasteiger charge is -2.20. The van der Waals surface area contributed by atoms with E-state index in [1.165, 1.54) is 6.07 Å². The third-order valence-corrected chi connectivity index (χ3v) is 3.73. The van der Waals surface area contributed by atoms with Crippen LogP contribution in [0.25, 0.3) is 0 Å². The number of nitrogens with one attached hydrogen (secondary N) is 1. The largest absolute Gasteiger partial charge is 0.310 e. The minimum Gasteiger partial charge on any atom is -0.310 e. The Morgan fingerprint density at radius 3 is 2.48 bits per heavy atom. The second-order valence-electron chi connectivity index (χ2n) is 5.09. The number of hydrogen-bond donors (Lipinski definition) is 1. The minimum absolute atomic E-state index is 0.0343. The molecule has 1 N–H and O–H groups in total. The smallest absolute Gasteiger partial charge is 0.159 e. The first-order chi connectivity index (χ1) is 10.0. The molecule has 4 heteroatoms. The molecule has 0 heterocycles. The molecular formula is C17H18ClF2N. The van der Waals surface area contributed by atoms with Gasteiger partial charge < -0.3 is 5.32 Å². The van der Waals surface area contributed by atoms with Crippen LogP contribution in [-0.4, -0.2) is 6.54 Å². The molecule has 2 rings (SSSR count). The van der Waals surface area contributed by atoms with Gasteiger partial charge in [-0.3, -0.25) is 0 Å². The summed E-state index contributed by atoms with van der Waals surface area (Å²) in [4.78, 5) is 0. The summed E-state index contributed by atoms with van der Waals surface area (Å²) in [5, 5.41) is 4.02. The van der Waals surface area contributed by atoms with Gasteiger partial charge >= 0.3 is 0 Å². The first-order valence-corrected chi connectivity index (χ1v) is 7.32. The van der Waals surface area contributed by atoms with Crippen molar-refractivity contribution < 1.29 is 8.78 Å². The molecule has 21 heavy (non-hydrogen) atoms. The van der Waals surface area contributed by atoms with Gasteiger partial charge in [-0.2, -0.15) is 0 Å². The molecule has 2 aromatic rings. The Balaban J connectivity index is 2.28. The van der Waals surface area contributed by atoms with E-state index in [0.717, 1.165) is 29.3 Å². The maximum atomic E-state index is 13.3. The second-order valence-corrected chi connectivity index (χ2v) is 5.50. The van der Waals surface area contributed by atoms with Gasteiger partial charge in [0.05, 0.1) is 0 Å². The molecule has 0 aliphatic heterocycles. The van der Waals surface area contributed by atoms with Crippen molar-refractivity contribution in [2.45, 2.75) is 26.3 Å². The standard InChI is InChI=1S/C17H18ClF2N/c1-3-21-17(13-6-4-11(2)8-14(13)18)10-12-5-7-15(19)16(20)9-12/h4-9,17,21H,3,10H2,1-2H3. The Labute approximate surface area is 128 Å². The molecule has 0 aliphatic rings. The van der Waals surface area contributed by atoms with E-state index >= 15 is 0 Å². The molecule has 0 saturated heterocycles. The van der Waals surface area contributed by atoms with Crippen LogP contribution in [0.5, 0.6) is 0 Å². The normalized spacial score (nSPS) is 12.4. The van der Waals surface area contributed by atoms with Crippen molar-refractivity contribution in [3.63, 3.8) is 0 Å². The van der Waals surface area contributed by atoms with Gasteiger partial charge in [0.15, 0.2) is 11.6 Å². The van der Waals surface area contributed by atoms with Gasteiger partial charge in [-0.1, -0.05) is 36.7 Å². The van der Waals surface area contributed by atoms with Crippen molar-refractivity contribution >= 4 is 11.6 Å². The van der Waals surface area contributed by atoms with Crippen LogP contribution in [-0.2, 0) is 6.42 Å². The van der Waals surface area contributed by atoms with Crippen molar-refractivity contribution in [2.75, 3.05) is 6.54 Å². The van der Waals surface area contributed by atoms with E-state index in [-0.39, 0.29) is 6.04 Å². The molecule has 1 atom stereocenters. The Morgan fingerprint density at radius 1 is 1.10 bits per heavy atom. The SMILES string of the molecule is CCNC(Cc1ccc(F)c(F)c1)c1ccc(C)cc1Cl. The average Bonchev–Trinajstić information content (AvgIpc) is 2.42. The van der Waals surface area contributed by atoms with Gasteiger partial charge in [0, 0.05) is 11.1 Å². The number of aryl methyl sites for hydroxylation is 1. The zero-order valence-electron chi connectivity index (χ0n) is 12.1. The van der Waals surface area contributed by atoms with Crippen LogP contribution in [0.3, 0.4) is 0 Å². The van der Waals surface area contributed by atoms with Crippen LogP contribution in [0, 0.1) is 18.6 Å². The summed E-state index contributed by atoms with van der Waals surface area (Å²) < 4.78 is 26.3. The van der Waals surface area contributed by atoms with Crippen LogP contribution in [0.4, 0.5) is 8.78 Å². The van der Waals surface area contributed by atoms with E-state index in [1.807, 2.05) is 32.0 Å². The van der Waals surface area contributed by atoms with Gasteiger partial charge in [-0.15, -0.1) is 0 Å². The third kappa shape index (κ3) is 4.02. The molecule has 0 aromatic heterocycles. The van der Waals surface area contributed by atoms with E-state index in [0.29, 0.717) is 11.4 Å². The highest BCUT2D eigenvalue weighted by molar-refractivity contribution is 6.31. The van der Waals surface area contributed by atoms with Crippen molar-refractivity contribution in [3.8, 4) is 0 Å². The van der Waals surface area contributed by atoms with Crippen LogP contribution in [0.1, 0.15) is 29.7 Å². The Bertz CT molecular complexity index is 628. The molecule has 0 aliphatic carbocycles. The average molecular weight is 310 g/mol. The number of likely N-dealkylation sites (N-methyl/N-ethyl adjacent to an activating group) is 1. The van der Waals surface area contributed by atoms with Crippen LogP contribution >= 0.6 is 11.6 Å². The summed E-state index contributed by atoms with van der Waals surface area (Å²) in [5.74, 6) is -1.65. The molecule has 0 fully saturated rings. The Morgan fingerprint density at radius 2 is 1.86 bits per heavy atom. The number of hydrogen-bond acceptors (Lipinski definition) is 1. The van der Waals surface area contributed by atoms with Crippen molar-refractivity contribution in [3.05, 3.63) is 69.7 Å². The zero-order valence-corrected chi connectivity index (χ0v) is 12.8. The molecular weight excluding hydrogens is 292 g/mol. The van der Waals surface area contributed by atoms with Crippen molar-refractivity contribution in [1.82, 2.24) is 5.32 Å². The summed E-state index contributed by atoms with van der Waals surface area (Å²) in [7, 11) is 0. The van der Waals surface area contributed by atoms with Crippen LogP contribution < -0.4 is 5.32 Å². The predicted octanol–water partition coefficient (Wildman–Crippen LogP) is 4.82. The molecule has 0 saturated carbocycles. The maximum Gasteiger partial charge on any atom is 0.159 e. The Hall–Kier alpha value is -1.45. The fourth-order valence-electron chi connectivity index (χ4n) is 2.36. The molecule has 0 amide bonds. The third-order valence-electron chi connectivity index (χ3n) is 3.41. The summed E-state index contributed by atoms with van der Waals surface area (Å²) in [5.41, 5.74) is 2.79. The van der Waals surface area contributed by atoms with Gasteiger partial charge in [0.1, 0.15) is 0 Å². The summed E-state index contributed by atoms with van der Waals surface area (Å²) in [6.07, 6.45) is 0.549. The van der Waals surface area contributed by atoms with Gasteiger partial charge in [0.2, 0.25) is 0 Å². The molecule has 0 spiro atoms. The van der Waals surface area contributed by atoms with E-state index in [1.54, 1.807) is 6.07 Å². The van der Waals surface area contributed by atoms with Crippen molar-refractivity contribution in [2.24, 2.45) is 0 Å². The lowest BCUT2D eigenvalue weighted by Crippen LogP contribution is -2.23. The fraction of sp³-hybridized carbons (Fsp3) is 0.294. The maximum absolute atomic E-state index is 13.3. The highest BCUT2D eigenvalue weighted by Crippen LogP contribution is 2.27. The first-order valence-electron chi connectivity index (χ1n) is 6.94. The summed E-state index contributed by atoms with van der Waals surface area (Å²) in [6.45, 7) is 4.74. The summed E-state index contributed by atoms with van der Waals surface area (Å²) >= 11 is 6.31. The zero-order chi connectivity index (χ0) is 15.4. The molecule has 0 bridgehead atoms. The van der Waals surface area contributed by atoms with Crippen LogP contribution in [0.2, 0.25) is 5.02 Å². The topological polar surface area (TPSA) is 12.0 Å². The van der Waals surface area contributed by atoms with E-state index in [4.69, 9.17) is 11.6 Å². The molecule has 1 nitrogen and oxygen atoms in total. The monoisotopic (exact) mass is 309 g/mol. The lowest BCUT2D eigenvalue weighted by atomic mass is 9.97. The fourth-order valence-corrected chi connectivity index (χ4v) is 2.72. The number of halogens is 3. The van der Waals surface area contributed by atoms with E-state index < -0.39 is 11.6 Å². The number of rotatable bonds is 5. The molecule has 112 valence electrons.